The van der Waals surface area contributed by atoms with Gasteiger partial charge >= 0.3 is 0 Å². The molecule has 0 radical (unpaired) electrons. The van der Waals surface area contributed by atoms with Gasteiger partial charge in [-0.25, -0.2) is 25.9 Å². The third kappa shape index (κ3) is 3.30. The number of benzene rings is 1. The molecule has 132 valence electrons. The van der Waals surface area contributed by atoms with Crippen molar-refractivity contribution in [1.82, 2.24) is 4.72 Å². The Balaban J connectivity index is 2.58. The summed E-state index contributed by atoms with van der Waals surface area (Å²) in [6.07, 6.45) is 1.37. The molecule has 0 bridgehead atoms. The van der Waals surface area contributed by atoms with Crippen LogP contribution in [0.3, 0.4) is 0 Å². The summed E-state index contributed by atoms with van der Waals surface area (Å²) >= 11 is 0. The first-order chi connectivity index (χ1) is 11.1. The van der Waals surface area contributed by atoms with Gasteiger partial charge in [-0.05, 0) is 18.2 Å². The molecule has 0 spiro atoms. The number of anilines is 1. The number of carbonyl (C=O) groups is 1. The second kappa shape index (κ2) is 6.54. The molecule has 1 heterocycles. The third-order valence-electron chi connectivity index (χ3n) is 3.45. The molecule has 0 aliphatic carbocycles. The zero-order valence-electron chi connectivity index (χ0n) is 13.2. The fourth-order valence-electron chi connectivity index (χ4n) is 2.33. The molecule has 0 aromatic heterocycles. The van der Waals surface area contributed by atoms with E-state index in [9.17, 15) is 21.6 Å². The second-order valence-corrected chi connectivity index (χ2v) is 8.86. The first kappa shape index (κ1) is 18.4. The van der Waals surface area contributed by atoms with E-state index < -0.39 is 31.9 Å². The van der Waals surface area contributed by atoms with E-state index in [0.717, 1.165) is 6.07 Å². The van der Waals surface area contributed by atoms with Crippen molar-refractivity contribution < 1.29 is 26.4 Å². The summed E-state index contributed by atoms with van der Waals surface area (Å²) in [6.45, 7) is 4.93. The molecule has 24 heavy (non-hydrogen) atoms. The van der Waals surface area contributed by atoms with Crippen LogP contribution in [0.4, 0.5) is 5.69 Å². The number of ether oxygens (including phenoxy) is 1. The predicted molar refractivity (Wildman–Crippen MR) is 88.8 cm³/mol. The summed E-state index contributed by atoms with van der Waals surface area (Å²) in [5, 5.41) is 0. The van der Waals surface area contributed by atoms with Crippen LogP contribution in [0, 0.1) is 5.92 Å². The molecule has 1 aromatic carbocycles. The molecule has 1 N–H and O–H groups in total. The van der Waals surface area contributed by atoms with Crippen molar-refractivity contribution in [1.29, 1.82) is 0 Å². The smallest absolute Gasteiger partial charge is 0.244 e. The predicted octanol–water partition coefficient (Wildman–Crippen LogP) is 0.472. The Morgan fingerprint density at radius 2 is 2.12 bits per heavy atom. The second-order valence-electron chi connectivity index (χ2n) is 5.26. The number of nitrogens with one attached hydrogen (secondary N) is 1. The van der Waals surface area contributed by atoms with Crippen molar-refractivity contribution in [3.05, 3.63) is 30.9 Å². The minimum atomic E-state index is -3.96. The number of hydrogen-bond acceptors (Lipinski definition) is 6. The third-order valence-corrected chi connectivity index (χ3v) is 6.76. The average Bonchev–Trinajstić information content (AvgIpc) is 2.72. The number of sulfonamides is 2. The van der Waals surface area contributed by atoms with Gasteiger partial charge in [0.25, 0.3) is 0 Å². The first-order valence-corrected chi connectivity index (χ1v) is 10.1. The highest BCUT2D eigenvalue weighted by Crippen LogP contribution is 2.33. The van der Waals surface area contributed by atoms with Crippen LogP contribution in [0.1, 0.15) is 6.92 Å². The molecule has 1 aliphatic rings. The van der Waals surface area contributed by atoms with Gasteiger partial charge in [-0.1, -0.05) is 13.0 Å². The molecule has 0 saturated carbocycles. The minimum absolute atomic E-state index is 0.00626. The largest absolute Gasteiger partial charge is 0.495 e. The zero-order valence-corrected chi connectivity index (χ0v) is 14.9. The lowest BCUT2D eigenvalue weighted by Crippen LogP contribution is -2.31. The fourth-order valence-corrected chi connectivity index (χ4v) is 5.33. The first-order valence-electron chi connectivity index (χ1n) is 6.99. The minimum Gasteiger partial charge on any atom is -0.495 e. The lowest BCUT2D eigenvalue weighted by Gasteiger charge is -2.18. The maximum absolute atomic E-state index is 12.4. The summed E-state index contributed by atoms with van der Waals surface area (Å²) in [5.74, 6) is -1.56. The SMILES string of the molecule is C=CCNS(=O)(=O)c1cc(N2C(=O)C(C)CS2(=O)=O)ccc1OC. The lowest BCUT2D eigenvalue weighted by atomic mass is 10.2. The van der Waals surface area contributed by atoms with Crippen LogP contribution in [0.25, 0.3) is 0 Å². The van der Waals surface area contributed by atoms with Crippen LogP contribution in [0.2, 0.25) is 0 Å². The van der Waals surface area contributed by atoms with Crippen LogP contribution < -0.4 is 13.8 Å². The molecule has 1 saturated heterocycles. The normalized spacial score (nSPS) is 20.2. The summed E-state index contributed by atoms with van der Waals surface area (Å²) in [5.41, 5.74) is -0.0378. The van der Waals surface area contributed by atoms with Crippen LogP contribution in [-0.4, -0.2) is 42.2 Å². The Kier molecular flexibility index (Phi) is 5.02. The van der Waals surface area contributed by atoms with Gasteiger partial charge in [-0.2, -0.15) is 0 Å². The quantitative estimate of drug-likeness (QED) is 0.725. The van der Waals surface area contributed by atoms with Gasteiger partial charge in [-0.15, -0.1) is 6.58 Å². The van der Waals surface area contributed by atoms with Crippen molar-refractivity contribution >= 4 is 31.6 Å². The summed E-state index contributed by atoms with van der Waals surface area (Å²) < 4.78 is 57.0. The van der Waals surface area contributed by atoms with Crippen LogP contribution in [0.5, 0.6) is 5.75 Å². The molecule has 8 nitrogen and oxygen atoms in total. The lowest BCUT2D eigenvalue weighted by molar-refractivity contribution is -0.119. The molecule has 1 atom stereocenters. The monoisotopic (exact) mass is 374 g/mol. The highest BCUT2D eigenvalue weighted by molar-refractivity contribution is 7.94. The molecular formula is C14H18N2O6S2. The van der Waals surface area contributed by atoms with E-state index in [-0.39, 0.29) is 28.6 Å². The number of amides is 1. The maximum Gasteiger partial charge on any atom is 0.244 e. The van der Waals surface area contributed by atoms with Crippen molar-refractivity contribution in [2.75, 3.05) is 23.7 Å². The van der Waals surface area contributed by atoms with Gasteiger partial charge in [0.1, 0.15) is 10.6 Å². The molecule has 1 amide bonds. The standard InChI is InChI=1S/C14H18N2O6S2/c1-4-7-15-24(20,21)13-8-11(5-6-12(13)22-3)16-14(17)10(2)9-23(16,18)19/h4-6,8,10,15H,1,7,9H2,2-3H3. The number of rotatable bonds is 6. The molecule has 1 aromatic rings. The van der Waals surface area contributed by atoms with Crippen molar-refractivity contribution in [3.8, 4) is 5.75 Å². The Hall–Kier alpha value is -1.91. The van der Waals surface area contributed by atoms with E-state index in [2.05, 4.69) is 11.3 Å². The van der Waals surface area contributed by atoms with E-state index in [1.165, 1.54) is 32.2 Å². The zero-order chi connectivity index (χ0) is 18.1. The average molecular weight is 374 g/mol. The summed E-state index contributed by atoms with van der Waals surface area (Å²) in [7, 11) is -6.50. The summed E-state index contributed by atoms with van der Waals surface area (Å²) in [4.78, 5) is 11.9. The van der Waals surface area contributed by atoms with Crippen LogP contribution in [0.15, 0.2) is 35.7 Å². The van der Waals surface area contributed by atoms with Crippen LogP contribution >= 0.6 is 0 Å². The van der Waals surface area contributed by atoms with E-state index in [1.54, 1.807) is 0 Å². The van der Waals surface area contributed by atoms with Gasteiger partial charge in [-0.3, -0.25) is 4.79 Å². The van der Waals surface area contributed by atoms with E-state index in [1.807, 2.05) is 0 Å². The number of nitrogens with zero attached hydrogens (tertiary/aromatic N) is 1. The molecule has 1 unspecified atom stereocenters. The van der Waals surface area contributed by atoms with Gasteiger partial charge in [0.2, 0.25) is 26.0 Å². The molecule has 10 heteroatoms. The number of carbonyl (C=O) groups excluding carboxylic acids is 1. The van der Waals surface area contributed by atoms with E-state index in [4.69, 9.17) is 4.74 Å². The highest BCUT2D eigenvalue weighted by atomic mass is 32.2. The van der Waals surface area contributed by atoms with E-state index in [0.29, 0.717) is 4.31 Å². The topological polar surface area (TPSA) is 110 Å². The Bertz CT molecular complexity index is 877. The molecular weight excluding hydrogens is 356 g/mol. The van der Waals surface area contributed by atoms with Crippen LogP contribution in [-0.2, 0) is 24.8 Å². The Morgan fingerprint density at radius 3 is 2.62 bits per heavy atom. The van der Waals surface area contributed by atoms with Gasteiger partial charge < -0.3 is 4.74 Å². The number of hydrogen-bond donors (Lipinski definition) is 1. The van der Waals surface area contributed by atoms with E-state index >= 15 is 0 Å². The fraction of sp³-hybridized carbons (Fsp3) is 0.357. The Labute approximate surface area is 141 Å². The summed E-state index contributed by atoms with van der Waals surface area (Å²) in [6, 6.07) is 3.75. The van der Waals surface area contributed by atoms with Gasteiger partial charge in [0.15, 0.2) is 0 Å². The van der Waals surface area contributed by atoms with Crippen molar-refractivity contribution in [2.45, 2.75) is 11.8 Å². The van der Waals surface area contributed by atoms with Crippen molar-refractivity contribution in [3.63, 3.8) is 0 Å². The maximum atomic E-state index is 12.4. The highest BCUT2D eigenvalue weighted by Gasteiger charge is 2.42. The Morgan fingerprint density at radius 1 is 1.46 bits per heavy atom. The molecule has 1 fully saturated rings. The van der Waals surface area contributed by atoms with Gasteiger partial charge in [0.05, 0.1) is 24.5 Å². The van der Waals surface area contributed by atoms with Gasteiger partial charge in [0, 0.05) is 6.54 Å². The molecule has 2 rings (SSSR count). The number of methoxy groups -OCH3 is 1. The molecule has 1 aliphatic heterocycles. The van der Waals surface area contributed by atoms with Crippen molar-refractivity contribution in [2.24, 2.45) is 5.92 Å².